The number of nitrogens with zero attached hydrogens (tertiary/aromatic N) is 4. The highest BCUT2D eigenvalue weighted by atomic mass is 32.2. The van der Waals surface area contributed by atoms with Crippen LogP contribution in [0.3, 0.4) is 0 Å². The van der Waals surface area contributed by atoms with Gasteiger partial charge in [-0.15, -0.1) is 0 Å². The molecule has 5 rings (SSSR count). The average Bonchev–Trinajstić information content (AvgIpc) is 3.43. The fourth-order valence-electron chi connectivity index (χ4n) is 4.57. The number of aryl methyl sites for hydroxylation is 1. The van der Waals surface area contributed by atoms with Crippen molar-refractivity contribution in [3.8, 4) is 11.5 Å². The number of rotatable bonds is 8. The molecule has 1 amide bonds. The maximum atomic E-state index is 15.4. The number of halogens is 1. The third-order valence-corrected chi connectivity index (χ3v) is 8.14. The fraction of sp³-hybridized carbons (Fsp3) is 0.273. The lowest BCUT2D eigenvalue weighted by Crippen LogP contribution is -2.22. The normalized spacial score (nSPS) is 12.7. The van der Waals surface area contributed by atoms with E-state index in [1.54, 1.807) is 92.6 Å². The Hall–Kier alpha value is -4.48. The molecule has 1 unspecified atom stereocenters. The van der Waals surface area contributed by atoms with E-state index in [4.69, 9.17) is 4.74 Å². The number of benzene rings is 2. The lowest BCUT2D eigenvalue weighted by atomic mass is 10.1. The monoisotopic (exact) mass is 615 g/mol. The summed E-state index contributed by atoms with van der Waals surface area (Å²) in [7, 11) is -1.66. The van der Waals surface area contributed by atoms with Crippen molar-refractivity contribution in [1.29, 1.82) is 0 Å². The molecule has 0 fully saturated rings. The van der Waals surface area contributed by atoms with Crippen molar-refractivity contribution in [3.05, 3.63) is 95.8 Å². The number of hydrogen-bond acceptors (Lipinski definition) is 7. The molecular weight excluding hydrogens is 581 g/mol. The largest absolute Gasteiger partial charge is 0.453 e. The zero-order valence-electron chi connectivity index (χ0n) is 25.4. The van der Waals surface area contributed by atoms with Gasteiger partial charge in [0.15, 0.2) is 11.6 Å². The molecule has 0 bridgehead atoms. The van der Waals surface area contributed by atoms with Crippen LogP contribution in [0.1, 0.15) is 51.4 Å². The molecule has 9 nitrogen and oxygen atoms in total. The van der Waals surface area contributed by atoms with Crippen LogP contribution < -0.4 is 10.1 Å². The van der Waals surface area contributed by atoms with Crippen molar-refractivity contribution < 1.29 is 23.2 Å². The van der Waals surface area contributed by atoms with Gasteiger partial charge < -0.3 is 15.2 Å². The minimum Gasteiger partial charge on any atom is -0.453 e. The van der Waals surface area contributed by atoms with Crippen molar-refractivity contribution in [1.82, 2.24) is 19.7 Å². The van der Waals surface area contributed by atoms with Crippen LogP contribution in [0, 0.1) is 12.7 Å². The molecule has 228 valence electrons. The van der Waals surface area contributed by atoms with Crippen LogP contribution in [0.4, 0.5) is 10.1 Å². The highest BCUT2D eigenvalue weighted by Gasteiger charge is 2.21. The molecule has 11 heteroatoms. The number of pyridine rings is 2. The number of amides is 1. The predicted octanol–water partition coefficient (Wildman–Crippen LogP) is 6.40. The van der Waals surface area contributed by atoms with Gasteiger partial charge in [-0.25, -0.2) is 13.6 Å². The molecule has 0 aliphatic carbocycles. The first-order valence-corrected chi connectivity index (χ1v) is 15.2. The van der Waals surface area contributed by atoms with Crippen LogP contribution in [-0.2, 0) is 33.2 Å². The minimum atomic E-state index is -1.66. The average molecular weight is 616 g/mol. The Labute approximate surface area is 257 Å². The number of nitrogens with one attached hydrogen (secondary N) is 1. The Morgan fingerprint density at radius 2 is 1.86 bits per heavy atom. The van der Waals surface area contributed by atoms with Crippen LogP contribution in [0.2, 0.25) is 0 Å². The van der Waals surface area contributed by atoms with Gasteiger partial charge in [0.05, 0.1) is 35.1 Å². The van der Waals surface area contributed by atoms with Crippen molar-refractivity contribution in [3.63, 3.8) is 0 Å². The number of ether oxygens (including phenoxy) is 1. The quantitative estimate of drug-likeness (QED) is 0.207. The summed E-state index contributed by atoms with van der Waals surface area (Å²) in [6.45, 7) is 10.9. The second-order valence-corrected chi connectivity index (χ2v) is 13.5. The van der Waals surface area contributed by atoms with E-state index in [0.29, 0.717) is 49.1 Å². The Morgan fingerprint density at radius 3 is 2.55 bits per heavy atom. The standard InChI is InChI=1S/C33H34FN5O4S/c1-20-14-21(16-29(40)37-22-18-36-39(19-22)32(2,3)4)15-25(34)31(20)43-27-12-13-35-26-11-10-23(17-24(26)27)44(42)30-9-7-8-28(38-30)33(5,6)41/h7-15,17-19,41H,16H2,1-6H3,(H,37,40). The van der Waals surface area contributed by atoms with E-state index >= 15 is 4.39 Å². The van der Waals surface area contributed by atoms with E-state index in [-0.39, 0.29) is 23.6 Å². The second kappa shape index (κ2) is 11.9. The molecule has 0 aliphatic rings. The summed E-state index contributed by atoms with van der Waals surface area (Å²) in [5, 5.41) is 18.3. The van der Waals surface area contributed by atoms with Crippen molar-refractivity contribution >= 4 is 33.3 Å². The first-order chi connectivity index (χ1) is 20.7. The van der Waals surface area contributed by atoms with Gasteiger partial charge in [0.1, 0.15) is 27.2 Å². The molecule has 3 heterocycles. The topological polar surface area (TPSA) is 119 Å². The van der Waals surface area contributed by atoms with E-state index in [1.807, 2.05) is 20.8 Å². The van der Waals surface area contributed by atoms with Gasteiger partial charge in [0.25, 0.3) is 0 Å². The SMILES string of the molecule is Cc1cc(CC(=O)Nc2cnn(C(C)(C)C)c2)cc(F)c1Oc1ccnc2ccc(S(=O)c3cccc(C(C)(C)O)n3)cc12. The second-order valence-electron chi connectivity index (χ2n) is 12.1. The molecule has 44 heavy (non-hydrogen) atoms. The first kappa shape index (κ1) is 31.0. The third-order valence-electron chi connectivity index (χ3n) is 6.85. The molecule has 0 saturated carbocycles. The zero-order chi connectivity index (χ0) is 31.8. The number of carbonyl (C=O) groups is 1. The van der Waals surface area contributed by atoms with Crippen LogP contribution in [-0.4, -0.2) is 35.0 Å². The van der Waals surface area contributed by atoms with Gasteiger partial charge in [-0.1, -0.05) is 12.1 Å². The summed E-state index contributed by atoms with van der Waals surface area (Å²) in [5.41, 5.74) is 1.12. The Morgan fingerprint density at radius 1 is 1.09 bits per heavy atom. The summed E-state index contributed by atoms with van der Waals surface area (Å²) in [4.78, 5) is 21.9. The molecule has 0 radical (unpaired) electrons. The van der Waals surface area contributed by atoms with E-state index in [2.05, 4.69) is 20.4 Å². The maximum absolute atomic E-state index is 15.4. The minimum absolute atomic E-state index is 0.0131. The van der Waals surface area contributed by atoms with Crippen LogP contribution in [0.5, 0.6) is 11.5 Å². The molecule has 2 aromatic carbocycles. The maximum Gasteiger partial charge on any atom is 0.228 e. The summed E-state index contributed by atoms with van der Waals surface area (Å²) in [5.74, 6) is -0.575. The molecule has 0 saturated heterocycles. The van der Waals surface area contributed by atoms with Crippen LogP contribution in [0.15, 0.2) is 83.1 Å². The van der Waals surface area contributed by atoms with E-state index in [9.17, 15) is 14.1 Å². The van der Waals surface area contributed by atoms with Gasteiger partial charge in [0, 0.05) is 22.7 Å². The number of fused-ring (bicyclic) bond motifs is 1. The van der Waals surface area contributed by atoms with Crippen LogP contribution >= 0.6 is 0 Å². The lowest BCUT2D eigenvalue weighted by molar-refractivity contribution is -0.115. The van der Waals surface area contributed by atoms with E-state index in [0.717, 1.165) is 0 Å². The Bertz CT molecular complexity index is 1870. The molecule has 5 aromatic rings. The van der Waals surface area contributed by atoms with Gasteiger partial charge in [-0.05, 0) is 95.1 Å². The van der Waals surface area contributed by atoms with Crippen molar-refractivity contribution in [2.75, 3.05) is 5.32 Å². The Balaban J connectivity index is 1.37. The number of carbonyl (C=O) groups excluding carboxylic acids is 1. The summed E-state index contributed by atoms with van der Waals surface area (Å²) < 4.78 is 36.7. The summed E-state index contributed by atoms with van der Waals surface area (Å²) in [6.07, 6.45) is 4.85. The van der Waals surface area contributed by atoms with Crippen LogP contribution in [0.25, 0.3) is 10.9 Å². The first-order valence-electron chi connectivity index (χ1n) is 14.0. The molecule has 0 aliphatic heterocycles. The number of hydrogen-bond donors (Lipinski definition) is 2. The number of aromatic nitrogens is 4. The third kappa shape index (κ3) is 6.84. The smallest absolute Gasteiger partial charge is 0.228 e. The highest BCUT2D eigenvalue weighted by Crippen LogP contribution is 2.34. The van der Waals surface area contributed by atoms with Gasteiger partial charge in [-0.2, -0.15) is 5.10 Å². The van der Waals surface area contributed by atoms with E-state index < -0.39 is 22.2 Å². The summed E-state index contributed by atoms with van der Waals surface area (Å²) in [6, 6.07) is 14.7. The highest BCUT2D eigenvalue weighted by molar-refractivity contribution is 7.85. The van der Waals surface area contributed by atoms with Gasteiger partial charge in [0.2, 0.25) is 5.91 Å². The molecule has 2 N–H and O–H groups in total. The van der Waals surface area contributed by atoms with Gasteiger partial charge >= 0.3 is 0 Å². The molecule has 0 spiro atoms. The van der Waals surface area contributed by atoms with E-state index in [1.165, 1.54) is 6.07 Å². The zero-order valence-corrected chi connectivity index (χ0v) is 26.2. The number of aliphatic hydroxyl groups is 1. The molecule has 1 atom stereocenters. The van der Waals surface area contributed by atoms with Crippen molar-refractivity contribution in [2.45, 2.75) is 69.0 Å². The summed E-state index contributed by atoms with van der Waals surface area (Å²) >= 11 is 0. The molecule has 3 aromatic heterocycles. The Kier molecular flexibility index (Phi) is 8.37. The van der Waals surface area contributed by atoms with Crippen molar-refractivity contribution in [2.24, 2.45) is 0 Å². The molecular formula is C33H34FN5O4S. The number of anilines is 1. The fourth-order valence-corrected chi connectivity index (χ4v) is 5.61. The lowest BCUT2D eigenvalue weighted by Gasteiger charge is -2.18. The predicted molar refractivity (Wildman–Crippen MR) is 167 cm³/mol. The van der Waals surface area contributed by atoms with Gasteiger partial charge in [-0.3, -0.25) is 14.5 Å².